The first kappa shape index (κ1) is 15.0. The first-order chi connectivity index (χ1) is 8.32. The van der Waals surface area contributed by atoms with Crippen molar-refractivity contribution in [1.82, 2.24) is 10.2 Å². The number of hydrogen-bond acceptors (Lipinski definition) is 3. The largest absolute Gasteiger partial charge is 0.347 e. The van der Waals surface area contributed by atoms with Crippen LogP contribution in [0.15, 0.2) is 0 Å². The number of amides is 2. The molecule has 0 bridgehead atoms. The summed E-state index contributed by atoms with van der Waals surface area (Å²) in [6.07, 6.45) is 2.32. The van der Waals surface area contributed by atoms with Crippen LogP contribution in [0.25, 0.3) is 0 Å². The molecule has 0 aromatic heterocycles. The Morgan fingerprint density at radius 2 is 1.89 bits per heavy atom. The Morgan fingerprint density at radius 1 is 1.33 bits per heavy atom. The van der Waals surface area contributed by atoms with Crippen LogP contribution in [0.2, 0.25) is 0 Å². The summed E-state index contributed by atoms with van der Waals surface area (Å²) >= 11 is 0. The SMILES string of the molecule is CC(C)CC(NC(=O)C1(CN)CC1)C(=O)N(C)C. The normalized spacial score (nSPS) is 18.3. The Labute approximate surface area is 109 Å². The highest BCUT2D eigenvalue weighted by Crippen LogP contribution is 2.44. The summed E-state index contributed by atoms with van der Waals surface area (Å²) in [6.45, 7) is 4.44. The fourth-order valence-electron chi connectivity index (χ4n) is 1.99. The smallest absolute Gasteiger partial charge is 0.244 e. The van der Waals surface area contributed by atoms with E-state index >= 15 is 0 Å². The van der Waals surface area contributed by atoms with Crippen LogP contribution in [0.1, 0.15) is 33.1 Å². The Bertz CT molecular complexity index is 322. The topological polar surface area (TPSA) is 75.4 Å². The van der Waals surface area contributed by atoms with Crippen LogP contribution in [0.5, 0.6) is 0 Å². The van der Waals surface area contributed by atoms with Gasteiger partial charge in [0.05, 0.1) is 5.41 Å². The number of rotatable bonds is 6. The Kier molecular flexibility index (Phi) is 4.73. The van der Waals surface area contributed by atoms with Crippen molar-refractivity contribution < 1.29 is 9.59 Å². The molecule has 0 aliphatic heterocycles. The summed E-state index contributed by atoms with van der Waals surface area (Å²) in [5.41, 5.74) is 5.23. The van der Waals surface area contributed by atoms with Gasteiger partial charge in [-0.05, 0) is 25.2 Å². The zero-order valence-electron chi connectivity index (χ0n) is 11.8. The molecular formula is C13H25N3O2. The van der Waals surface area contributed by atoms with Crippen molar-refractivity contribution in [2.45, 2.75) is 39.2 Å². The molecule has 0 aromatic carbocycles. The summed E-state index contributed by atoms with van der Waals surface area (Å²) in [6, 6.07) is -0.434. The van der Waals surface area contributed by atoms with Crippen molar-refractivity contribution in [2.24, 2.45) is 17.1 Å². The van der Waals surface area contributed by atoms with Crippen LogP contribution < -0.4 is 11.1 Å². The third-order valence-electron chi connectivity index (χ3n) is 3.48. The fourth-order valence-corrected chi connectivity index (χ4v) is 1.99. The Hall–Kier alpha value is -1.10. The van der Waals surface area contributed by atoms with Gasteiger partial charge in [0.25, 0.3) is 0 Å². The molecule has 0 heterocycles. The van der Waals surface area contributed by atoms with E-state index in [4.69, 9.17) is 5.73 Å². The number of carbonyl (C=O) groups excluding carboxylic acids is 2. The maximum Gasteiger partial charge on any atom is 0.244 e. The summed E-state index contributed by atoms with van der Waals surface area (Å²) in [4.78, 5) is 25.7. The number of carbonyl (C=O) groups is 2. The molecule has 0 radical (unpaired) electrons. The highest BCUT2D eigenvalue weighted by molar-refractivity contribution is 5.91. The number of hydrogen-bond donors (Lipinski definition) is 2. The van der Waals surface area contributed by atoms with Gasteiger partial charge in [-0.15, -0.1) is 0 Å². The van der Waals surface area contributed by atoms with Crippen LogP contribution in [-0.4, -0.2) is 43.4 Å². The number of nitrogens with zero attached hydrogens (tertiary/aromatic N) is 1. The van der Waals surface area contributed by atoms with E-state index in [9.17, 15) is 9.59 Å². The first-order valence-corrected chi connectivity index (χ1v) is 6.54. The van der Waals surface area contributed by atoms with E-state index in [-0.39, 0.29) is 11.8 Å². The Morgan fingerprint density at radius 3 is 2.22 bits per heavy atom. The van der Waals surface area contributed by atoms with E-state index in [1.165, 1.54) is 4.90 Å². The lowest BCUT2D eigenvalue weighted by Gasteiger charge is -2.25. The number of nitrogens with one attached hydrogen (secondary N) is 1. The zero-order chi connectivity index (χ0) is 13.9. The van der Waals surface area contributed by atoms with Crippen LogP contribution in [0.3, 0.4) is 0 Å². The standard InChI is InChI=1S/C13H25N3O2/c1-9(2)7-10(11(17)16(3)4)15-12(18)13(8-14)5-6-13/h9-10H,5-8,14H2,1-4H3,(H,15,18). The van der Waals surface area contributed by atoms with Gasteiger partial charge in [-0.25, -0.2) is 0 Å². The second-order valence-corrected chi connectivity index (χ2v) is 5.87. The van der Waals surface area contributed by atoms with Gasteiger partial charge < -0.3 is 16.0 Å². The number of likely N-dealkylation sites (N-methyl/N-ethyl adjacent to an activating group) is 1. The van der Waals surface area contributed by atoms with Crippen LogP contribution in [0, 0.1) is 11.3 Å². The average Bonchev–Trinajstić information content (AvgIpc) is 3.07. The second-order valence-electron chi connectivity index (χ2n) is 5.87. The minimum absolute atomic E-state index is 0.0510. The highest BCUT2D eigenvalue weighted by atomic mass is 16.2. The molecule has 1 fully saturated rings. The lowest BCUT2D eigenvalue weighted by atomic mass is 10.0. The minimum atomic E-state index is -0.434. The van der Waals surface area contributed by atoms with Crippen molar-refractivity contribution in [1.29, 1.82) is 0 Å². The van der Waals surface area contributed by atoms with Gasteiger partial charge >= 0.3 is 0 Å². The molecule has 3 N–H and O–H groups in total. The van der Waals surface area contributed by atoms with E-state index in [0.717, 1.165) is 12.8 Å². The first-order valence-electron chi connectivity index (χ1n) is 6.54. The van der Waals surface area contributed by atoms with Crippen LogP contribution in [-0.2, 0) is 9.59 Å². The molecule has 2 amide bonds. The molecule has 1 aliphatic carbocycles. The predicted molar refractivity (Wildman–Crippen MR) is 70.8 cm³/mol. The monoisotopic (exact) mass is 255 g/mol. The lowest BCUT2D eigenvalue weighted by molar-refractivity contribution is -0.136. The molecule has 1 aliphatic rings. The molecule has 1 rings (SSSR count). The van der Waals surface area contributed by atoms with Gasteiger partial charge in [-0.3, -0.25) is 9.59 Å². The quantitative estimate of drug-likeness (QED) is 0.719. The van der Waals surface area contributed by atoms with Crippen molar-refractivity contribution in [3.8, 4) is 0 Å². The Balaban J connectivity index is 2.67. The molecule has 1 unspecified atom stereocenters. The highest BCUT2D eigenvalue weighted by Gasteiger charge is 2.49. The lowest BCUT2D eigenvalue weighted by Crippen LogP contribution is -2.50. The van der Waals surface area contributed by atoms with E-state index in [2.05, 4.69) is 5.32 Å². The van der Waals surface area contributed by atoms with Crippen molar-refractivity contribution in [3.63, 3.8) is 0 Å². The van der Waals surface area contributed by atoms with Crippen molar-refractivity contribution in [2.75, 3.05) is 20.6 Å². The van der Waals surface area contributed by atoms with E-state index < -0.39 is 11.5 Å². The van der Waals surface area contributed by atoms with Crippen LogP contribution >= 0.6 is 0 Å². The van der Waals surface area contributed by atoms with Crippen LogP contribution in [0.4, 0.5) is 0 Å². The van der Waals surface area contributed by atoms with Gasteiger partial charge in [-0.2, -0.15) is 0 Å². The summed E-state index contributed by atoms with van der Waals surface area (Å²) in [5, 5.41) is 2.87. The maximum atomic E-state index is 12.1. The summed E-state index contributed by atoms with van der Waals surface area (Å²) < 4.78 is 0. The third-order valence-corrected chi connectivity index (χ3v) is 3.48. The maximum absolute atomic E-state index is 12.1. The van der Waals surface area contributed by atoms with E-state index in [0.29, 0.717) is 18.9 Å². The van der Waals surface area contributed by atoms with Gasteiger partial charge in [0, 0.05) is 20.6 Å². The predicted octanol–water partition coefficient (Wildman–Crippen LogP) is 0.344. The molecule has 104 valence electrons. The molecule has 0 saturated heterocycles. The fraction of sp³-hybridized carbons (Fsp3) is 0.846. The number of nitrogens with two attached hydrogens (primary N) is 1. The second kappa shape index (κ2) is 5.69. The molecule has 1 atom stereocenters. The molecule has 5 heteroatoms. The summed E-state index contributed by atoms with van der Waals surface area (Å²) in [5.74, 6) is 0.239. The molecule has 5 nitrogen and oxygen atoms in total. The van der Waals surface area contributed by atoms with E-state index in [1.807, 2.05) is 13.8 Å². The molecule has 1 saturated carbocycles. The van der Waals surface area contributed by atoms with Gasteiger partial charge in [0.15, 0.2) is 0 Å². The molecule has 0 spiro atoms. The minimum Gasteiger partial charge on any atom is -0.347 e. The summed E-state index contributed by atoms with van der Waals surface area (Å²) in [7, 11) is 3.41. The average molecular weight is 255 g/mol. The zero-order valence-corrected chi connectivity index (χ0v) is 11.8. The van der Waals surface area contributed by atoms with Gasteiger partial charge in [0.2, 0.25) is 11.8 Å². The van der Waals surface area contributed by atoms with Gasteiger partial charge in [-0.1, -0.05) is 13.8 Å². The van der Waals surface area contributed by atoms with Crippen molar-refractivity contribution in [3.05, 3.63) is 0 Å². The third kappa shape index (κ3) is 3.45. The molecule has 0 aromatic rings. The molecular weight excluding hydrogens is 230 g/mol. The van der Waals surface area contributed by atoms with Gasteiger partial charge in [0.1, 0.15) is 6.04 Å². The van der Waals surface area contributed by atoms with E-state index in [1.54, 1.807) is 14.1 Å². The molecule has 18 heavy (non-hydrogen) atoms. The van der Waals surface area contributed by atoms with Crippen molar-refractivity contribution >= 4 is 11.8 Å².